The molecular formula is C15H22ClNO2. The van der Waals surface area contributed by atoms with Gasteiger partial charge in [-0.15, -0.1) is 0 Å². The number of hydrogen-bond donors (Lipinski definition) is 2. The van der Waals surface area contributed by atoms with Crippen LogP contribution in [0.15, 0.2) is 18.2 Å². The molecule has 0 aliphatic heterocycles. The summed E-state index contributed by atoms with van der Waals surface area (Å²) in [5.74, 6) is -0.131. The van der Waals surface area contributed by atoms with Gasteiger partial charge in [0, 0.05) is 23.2 Å². The molecule has 3 nitrogen and oxygen atoms in total. The van der Waals surface area contributed by atoms with Crippen LogP contribution in [0.4, 0.5) is 0 Å². The molecule has 0 saturated carbocycles. The van der Waals surface area contributed by atoms with Gasteiger partial charge in [-0.2, -0.15) is 0 Å². The zero-order valence-electron chi connectivity index (χ0n) is 12.0. The number of aliphatic hydroxyl groups is 1. The predicted molar refractivity (Wildman–Crippen MR) is 78.6 cm³/mol. The number of halogens is 1. The van der Waals surface area contributed by atoms with Crippen molar-refractivity contribution in [2.45, 2.75) is 40.2 Å². The van der Waals surface area contributed by atoms with E-state index in [1.165, 1.54) is 0 Å². The Morgan fingerprint density at radius 2 is 2.05 bits per heavy atom. The van der Waals surface area contributed by atoms with Gasteiger partial charge in [-0.1, -0.05) is 32.4 Å². The van der Waals surface area contributed by atoms with Crippen LogP contribution in [0.5, 0.6) is 0 Å². The highest BCUT2D eigenvalue weighted by atomic mass is 35.5. The first-order chi connectivity index (χ1) is 8.75. The number of aryl methyl sites for hydroxylation is 1. The van der Waals surface area contributed by atoms with Crippen molar-refractivity contribution < 1.29 is 9.90 Å². The minimum atomic E-state index is -0.131. The van der Waals surface area contributed by atoms with Crippen molar-refractivity contribution in [1.29, 1.82) is 0 Å². The van der Waals surface area contributed by atoms with E-state index in [2.05, 4.69) is 5.32 Å². The molecule has 1 aromatic carbocycles. The summed E-state index contributed by atoms with van der Waals surface area (Å²) in [6.07, 6.45) is 0.543. The SMILES string of the molecule is Cc1cc(C(=O)NC(CCO)C(C)(C)C)ccc1Cl. The van der Waals surface area contributed by atoms with Gasteiger partial charge in [0.15, 0.2) is 0 Å². The number of nitrogens with one attached hydrogen (secondary N) is 1. The highest BCUT2D eigenvalue weighted by Crippen LogP contribution is 2.22. The Balaban J connectivity index is 2.84. The lowest BCUT2D eigenvalue weighted by Gasteiger charge is -2.31. The van der Waals surface area contributed by atoms with E-state index in [9.17, 15) is 4.79 Å². The maximum Gasteiger partial charge on any atom is 0.251 e. The van der Waals surface area contributed by atoms with Crippen LogP contribution < -0.4 is 5.32 Å². The summed E-state index contributed by atoms with van der Waals surface area (Å²) >= 11 is 5.95. The molecule has 1 rings (SSSR count). The summed E-state index contributed by atoms with van der Waals surface area (Å²) in [7, 11) is 0. The number of carbonyl (C=O) groups excluding carboxylic acids is 1. The van der Waals surface area contributed by atoms with Gasteiger partial charge in [0.25, 0.3) is 5.91 Å². The molecule has 0 spiro atoms. The first-order valence-electron chi connectivity index (χ1n) is 6.43. The summed E-state index contributed by atoms with van der Waals surface area (Å²) in [6.45, 7) is 8.05. The van der Waals surface area contributed by atoms with Crippen LogP contribution in [-0.2, 0) is 0 Å². The first kappa shape index (κ1) is 16.0. The molecule has 1 atom stereocenters. The summed E-state index contributed by atoms with van der Waals surface area (Å²) < 4.78 is 0. The molecule has 0 saturated heterocycles. The highest BCUT2D eigenvalue weighted by Gasteiger charge is 2.26. The smallest absolute Gasteiger partial charge is 0.251 e. The van der Waals surface area contributed by atoms with E-state index in [-0.39, 0.29) is 24.0 Å². The Labute approximate surface area is 120 Å². The van der Waals surface area contributed by atoms with Crippen LogP contribution in [0, 0.1) is 12.3 Å². The van der Waals surface area contributed by atoms with Gasteiger partial charge < -0.3 is 10.4 Å². The molecular weight excluding hydrogens is 262 g/mol. The molecule has 0 heterocycles. The quantitative estimate of drug-likeness (QED) is 0.892. The molecule has 0 aliphatic carbocycles. The fourth-order valence-electron chi connectivity index (χ4n) is 1.88. The third-order valence-corrected chi connectivity index (χ3v) is 3.61. The third-order valence-electron chi connectivity index (χ3n) is 3.19. The van der Waals surface area contributed by atoms with Crippen molar-refractivity contribution in [1.82, 2.24) is 5.32 Å². The summed E-state index contributed by atoms with van der Waals surface area (Å²) in [6, 6.07) is 5.14. The van der Waals surface area contributed by atoms with Gasteiger partial charge in [-0.25, -0.2) is 0 Å². The monoisotopic (exact) mass is 283 g/mol. The average molecular weight is 284 g/mol. The number of benzene rings is 1. The van der Waals surface area contributed by atoms with Crippen LogP contribution in [0.25, 0.3) is 0 Å². The van der Waals surface area contributed by atoms with Crippen molar-refractivity contribution in [2.75, 3.05) is 6.61 Å². The average Bonchev–Trinajstić information content (AvgIpc) is 2.30. The zero-order chi connectivity index (χ0) is 14.6. The Kier molecular flexibility index (Phi) is 5.39. The molecule has 0 radical (unpaired) electrons. The molecule has 2 N–H and O–H groups in total. The fraction of sp³-hybridized carbons (Fsp3) is 0.533. The molecule has 1 unspecified atom stereocenters. The Hall–Kier alpha value is -1.06. The predicted octanol–water partition coefficient (Wildman–Crippen LogP) is 3.18. The van der Waals surface area contributed by atoms with Crippen molar-refractivity contribution in [3.8, 4) is 0 Å². The maximum absolute atomic E-state index is 12.2. The van der Waals surface area contributed by atoms with Crippen LogP contribution in [0.2, 0.25) is 5.02 Å². The van der Waals surface area contributed by atoms with Crippen LogP contribution in [-0.4, -0.2) is 23.7 Å². The topological polar surface area (TPSA) is 49.3 Å². The highest BCUT2D eigenvalue weighted by molar-refractivity contribution is 6.31. The molecule has 0 aromatic heterocycles. The second-order valence-electron chi connectivity index (χ2n) is 5.87. The maximum atomic E-state index is 12.2. The van der Waals surface area contributed by atoms with Crippen molar-refractivity contribution in [3.05, 3.63) is 34.3 Å². The van der Waals surface area contributed by atoms with E-state index in [4.69, 9.17) is 16.7 Å². The fourth-order valence-corrected chi connectivity index (χ4v) is 2.00. The second-order valence-corrected chi connectivity index (χ2v) is 6.28. The van der Waals surface area contributed by atoms with Gasteiger partial charge in [0.2, 0.25) is 0 Å². The van der Waals surface area contributed by atoms with Gasteiger partial charge >= 0.3 is 0 Å². The molecule has 0 aliphatic rings. The second kappa shape index (κ2) is 6.40. The molecule has 0 bridgehead atoms. The largest absolute Gasteiger partial charge is 0.396 e. The summed E-state index contributed by atoms with van der Waals surface area (Å²) in [5, 5.41) is 12.7. The number of hydrogen-bond acceptors (Lipinski definition) is 2. The van der Waals surface area contributed by atoms with E-state index in [0.29, 0.717) is 17.0 Å². The summed E-state index contributed by atoms with van der Waals surface area (Å²) in [4.78, 5) is 12.2. The number of amides is 1. The molecule has 106 valence electrons. The van der Waals surface area contributed by atoms with E-state index < -0.39 is 0 Å². The zero-order valence-corrected chi connectivity index (χ0v) is 12.7. The molecule has 4 heteroatoms. The lowest BCUT2D eigenvalue weighted by Crippen LogP contribution is -2.44. The van der Waals surface area contributed by atoms with Crippen LogP contribution >= 0.6 is 11.6 Å². The van der Waals surface area contributed by atoms with Crippen molar-refractivity contribution >= 4 is 17.5 Å². The Bertz CT molecular complexity index is 452. The van der Waals surface area contributed by atoms with Gasteiger partial charge in [-0.3, -0.25) is 4.79 Å². The summed E-state index contributed by atoms with van der Waals surface area (Å²) in [5.41, 5.74) is 1.37. The lowest BCUT2D eigenvalue weighted by molar-refractivity contribution is 0.0885. The normalized spacial score (nSPS) is 13.2. The number of rotatable bonds is 4. The minimum absolute atomic E-state index is 0.0574. The Morgan fingerprint density at radius 1 is 1.42 bits per heavy atom. The van der Waals surface area contributed by atoms with Crippen LogP contribution in [0.3, 0.4) is 0 Å². The van der Waals surface area contributed by atoms with Crippen molar-refractivity contribution in [3.63, 3.8) is 0 Å². The molecule has 0 fully saturated rings. The lowest BCUT2D eigenvalue weighted by atomic mass is 9.84. The van der Waals surface area contributed by atoms with E-state index in [1.54, 1.807) is 18.2 Å². The van der Waals surface area contributed by atoms with Gasteiger partial charge in [0.05, 0.1) is 0 Å². The van der Waals surface area contributed by atoms with E-state index in [0.717, 1.165) is 5.56 Å². The van der Waals surface area contributed by atoms with E-state index >= 15 is 0 Å². The molecule has 19 heavy (non-hydrogen) atoms. The van der Waals surface area contributed by atoms with Crippen LogP contribution in [0.1, 0.15) is 43.1 Å². The number of carbonyl (C=O) groups is 1. The minimum Gasteiger partial charge on any atom is -0.396 e. The van der Waals surface area contributed by atoms with E-state index in [1.807, 2.05) is 27.7 Å². The van der Waals surface area contributed by atoms with Gasteiger partial charge in [0.1, 0.15) is 0 Å². The van der Waals surface area contributed by atoms with Crippen molar-refractivity contribution in [2.24, 2.45) is 5.41 Å². The first-order valence-corrected chi connectivity index (χ1v) is 6.81. The Morgan fingerprint density at radius 3 is 2.53 bits per heavy atom. The van der Waals surface area contributed by atoms with Gasteiger partial charge in [-0.05, 0) is 42.5 Å². The molecule has 1 aromatic rings. The third kappa shape index (κ3) is 4.51. The number of aliphatic hydroxyl groups excluding tert-OH is 1. The standard InChI is InChI=1S/C15H22ClNO2/c1-10-9-11(5-6-12(10)16)14(19)17-13(7-8-18)15(2,3)4/h5-6,9,13,18H,7-8H2,1-4H3,(H,17,19). The molecule has 1 amide bonds.